The molecule has 0 amide bonds. The molecule has 1 unspecified atom stereocenters. The van der Waals surface area contributed by atoms with Crippen LogP contribution >= 0.6 is 24.0 Å². The number of thioether (sulfide) groups is 1. The minimum atomic E-state index is 0.343. The average Bonchev–Trinajstić information content (AvgIpc) is 2.76. The summed E-state index contributed by atoms with van der Waals surface area (Å²) in [5.41, 5.74) is 2.29. The Bertz CT molecular complexity index is 400. The van der Waals surface area contributed by atoms with Crippen molar-refractivity contribution in [1.29, 1.82) is 0 Å². The van der Waals surface area contributed by atoms with Crippen molar-refractivity contribution in [2.45, 2.75) is 11.9 Å². The van der Waals surface area contributed by atoms with Crippen LogP contribution in [0.2, 0.25) is 0 Å². The molecule has 0 aromatic heterocycles. The van der Waals surface area contributed by atoms with Gasteiger partial charge in [-0.1, -0.05) is 48.7 Å². The van der Waals surface area contributed by atoms with Crippen molar-refractivity contribution in [3.05, 3.63) is 42.0 Å². The molecule has 1 saturated heterocycles. The van der Waals surface area contributed by atoms with Crippen LogP contribution in [0.25, 0.3) is 6.08 Å². The molecule has 1 aliphatic rings. The van der Waals surface area contributed by atoms with E-state index in [1.54, 1.807) is 11.8 Å². The van der Waals surface area contributed by atoms with Gasteiger partial charge in [-0.05, 0) is 23.3 Å². The molecule has 1 fully saturated rings. The smallest absolute Gasteiger partial charge is 0.220 e. The highest BCUT2D eigenvalue weighted by Gasteiger charge is 2.21. The van der Waals surface area contributed by atoms with Gasteiger partial charge in [0.15, 0.2) is 0 Å². The first-order chi connectivity index (χ1) is 8.28. The first-order valence-electron chi connectivity index (χ1n) is 5.40. The zero-order valence-electron chi connectivity index (χ0n) is 9.43. The number of hydrogen-bond donors (Lipinski definition) is 0. The number of ether oxygens (including phenoxy) is 2. The Kier molecular flexibility index (Phi) is 4.59. The van der Waals surface area contributed by atoms with Crippen molar-refractivity contribution in [2.24, 2.45) is 0 Å². The predicted octanol–water partition coefficient (Wildman–Crippen LogP) is 3.26. The summed E-state index contributed by atoms with van der Waals surface area (Å²) in [6.07, 6.45) is 1.83. The molecular formula is C13H14O2S2. The standard InChI is InChI=1S/C13H14O2S2/c1-2-10-3-5-11(6-4-10)7-14-8-12-9-15-13(16)17-12/h2-6,12H,1,7-9H2. The molecule has 0 spiro atoms. The van der Waals surface area contributed by atoms with Crippen LogP contribution in [0.5, 0.6) is 0 Å². The van der Waals surface area contributed by atoms with Crippen molar-refractivity contribution in [2.75, 3.05) is 13.2 Å². The average molecular weight is 266 g/mol. The van der Waals surface area contributed by atoms with Gasteiger partial charge in [0, 0.05) is 0 Å². The van der Waals surface area contributed by atoms with E-state index < -0.39 is 0 Å². The molecule has 0 aliphatic carbocycles. The molecule has 1 atom stereocenters. The Labute approximate surface area is 111 Å². The van der Waals surface area contributed by atoms with Crippen LogP contribution in [0.15, 0.2) is 30.8 Å². The Morgan fingerprint density at radius 2 is 2.24 bits per heavy atom. The lowest BCUT2D eigenvalue weighted by molar-refractivity contribution is 0.113. The molecule has 1 aromatic rings. The predicted molar refractivity (Wildman–Crippen MR) is 76.1 cm³/mol. The lowest BCUT2D eigenvalue weighted by atomic mass is 10.1. The third-order valence-electron chi connectivity index (χ3n) is 2.44. The van der Waals surface area contributed by atoms with E-state index in [9.17, 15) is 0 Å². The maximum Gasteiger partial charge on any atom is 0.220 e. The first-order valence-corrected chi connectivity index (χ1v) is 6.69. The van der Waals surface area contributed by atoms with Crippen LogP contribution in [0.1, 0.15) is 11.1 Å². The Morgan fingerprint density at radius 3 is 2.82 bits per heavy atom. The van der Waals surface area contributed by atoms with Gasteiger partial charge in [-0.15, -0.1) is 0 Å². The molecule has 0 saturated carbocycles. The van der Waals surface area contributed by atoms with Crippen molar-refractivity contribution in [3.8, 4) is 0 Å². The van der Waals surface area contributed by atoms with Crippen molar-refractivity contribution >= 4 is 34.4 Å². The number of hydrogen-bond acceptors (Lipinski definition) is 4. The third kappa shape index (κ3) is 3.84. The van der Waals surface area contributed by atoms with Crippen molar-refractivity contribution in [1.82, 2.24) is 0 Å². The maximum atomic E-state index is 5.64. The van der Waals surface area contributed by atoms with Gasteiger partial charge in [-0.25, -0.2) is 0 Å². The second-order valence-electron chi connectivity index (χ2n) is 3.76. The summed E-state index contributed by atoms with van der Waals surface area (Å²) in [4.78, 5) is 0. The fraction of sp³-hybridized carbons (Fsp3) is 0.308. The molecule has 1 aliphatic heterocycles. The molecule has 0 radical (unpaired) electrons. The number of thiocarbonyl (C=S) groups is 1. The van der Waals surface area contributed by atoms with Crippen LogP contribution in [0.3, 0.4) is 0 Å². The van der Waals surface area contributed by atoms with Crippen molar-refractivity contribution in [3.63, 3.8) is 0 Å². The summed E-state index contributed by atoms with van der Waals surface area (Å²) in [6, 6.07) is 8.18. The van der Waals surface area contributed by atoms with Gasteiger partial charge in [-0.2, -0.15) is 0 Å². The summed E-state index contributed by atoms with van der Waals surface area (Å²) in [5, 5.41) is 0.343. The third-order valence-corrected chi connectivity index (χ3v) is 3.76. The van der Waals surface area contributed by atoms with Gasteiger partial charge >= 0.3 is 0 Å². The van der Waals surface area contributed by atoms with E-state index in [0.29, 0.717) is 29.5 Å². The van der Waals surface area contributed by atoms with Gasteiger partial charge in [0.05, 0.1) is 18.5 Å². The van der Waals surface area contributed by atoms with E-state index in [0.717, 1.165) is 5.56 Å². The summed E-state index contributed by atoms with van der Waals surface area (Å²) < 4.78 is 11.5. The van der Waals surface area contributed by atoms with Crippen LogP contribution in [0.4, 0.5) is 0 Å². The van der Waals surface area contributed by atoms with E-state index >= 15 is 0 Å². The number of rotatable bonds is 5. The van der Waals surface area contributed by atoms with Crippen molar-refractivity contribution < 1.29 is 9.47 Å². The molecular weight excluding hydrogens is 252 g/mol. The molecule has 2 nitrogen and oxygen atoms in total. The Hall–Kier alpha value is -0.840. The summed E-state index contributed by atoms with van der Waals surface area (Å²) in [6.45, 7) is 5.69. The molecule has 0 bridgehead atoms. The second-order valence-corrected chi connectivity index (χ2v) is 5.66. The monoisotopic (exact) mass is 266 g/mol. The molecule has 90 valence electrons. The highest BCUT2D eigenvalue weighted by molar-refractivity contribution is 8.23. The fourth-order valence-electron chi connectivity index (χ4n) is 1.51. The second kappa shape index (κ2) is 6.19. The highest BCUT2D eigenvalue weighted by atomic mass is 32.2. The summed E-state index contributed by atoms with van der Waals surface area (Å²) >= 11 is 6.52. The lowest BCUT2D eigenvalue weighted by Crippen LogP contribution is -2.12. The van der Waals surface area contributed by atoms with Crippen LogP contribution in [-0.4, -0.2) is 22.8 Å². The molecule has 17 heavy (non-hydrogen) atoms. The minimum absolute atomic E-state index is 0.343. The summed E-state index contributed by atoms with van der Waals surface area (Å²) in [5.74, 6) is 0. The van der Waals surface area contributed by atoms with Gasteiger partial charge in [-0.3, -0.25) is 0 Å². The zero-order chi connectivity index (χ0) is 12.1. The molecule has 1 heterocycles. The van der Waals surface area contributed by atoms with E-state index in [2.05, 4.69) is 18.7 Å². The summed E-state index contributed by atoms with van der Waals surface area (Å²) in [7, 11) is 0. The van der Waals surface area contributed by atoms with E-state index in [-0.39, 0.29) is 0 Å². The maximum absolute atomic E-state index is 5.64. The van der Waals surface area contributed by atoms with E-state index in [1.165, 1.54) is 5.56 Å². The highest BCUT2D eigenvalue weighted by Crippen LogP contribution is 2.23. The van der Waals surface area contributed by atoms with Gasteiger partial charge in [0.25, 0.3) is 0 Å². The van der Waals surface area contributed by atoms with Crippen LogP contribution < -0.4 is 0 Å². The fourth-order valence-corrected chi connectivity index (χ4v) is 2.69. The Balaban J connectivity index is 1.74. The van der Waals surface area contributed by atoms with Gasteiger partial charge < -0.3 is 9.47 Å². The number of benzene rings is 1. The topological polar surface area (TPSA) is 18.5 Å². The van der Waals surface area contributed by atoms with Crippen LogP contribution in [-0.2, 0) is 16.1 Å². The van der Waals surface area contributed by atoms with Crippen LogP contribution in [0, 0.1) is 0 Å². The van der Waals surface area contributed by atoms with Gasteiger partial charge in [0.1, 0.15) is 6.61 Å². The largest absolute Gasteiger partial charge is 0.477 e. The first kappa shape index (κ1) is 12.6. The lowest BCUT2D eigenvalue weighted by Gasteiger charge is -2.07. The normalized spacial score (nSPS) is 19.1. The van der Waals surface area contributed by atoms with Gasteiger partial charge in [0.2, 0.25) is 4.38 Å². The molecule has 0 N–H and O–H groups in total. The van der Waals surface area contributed by atoms with E-state index in [1.807, 2.05) is 18.2 Å². The molecule has 4 heteroatoms. The zero-order valence-corrected chi connectivity index (χ0v) is 11.1. The SMILES string of the molecule is C=Cc1ccc(COCC2COC(=S)S2)cc1. The molecule has 2 rings (SSSR count). The van der Waals surface area contributed by atoms with E-state index in [4.69, 9.17) is 21.7 Å². The Morgan fingerprint density at radius 1 is 1.47 bits per heavy atom. The minimum Gasteiger partial charge on any atom is -0.477 e. The molecule has 1 aromatic carbocycles. The quantitative estimate of drug-likeness (QED) is 0.761.